The van der Waals surface area contributed by atoms with Crippen molar-refractivity contribution in [2.75, 3.05) is 7.05 Å². The van der Waals surface area contributed by atoms with Gasteiger partial charge in [-0.2, -0.15) is 0 Å². The van der Waals surface area contributed by atoms with Crippen LogP contribution >= 0.6 is 0 Å². The summed E-state index contributed by atoms with van der Waals surface area (Å²) in [6.07, 6.45) is 6.87. The van der Waals surface area contributed by atoms with Gasteiger partial charge in [-0.15, -0.1) is 0 Å². The van der Waals surface area contributed by atoms with Crippen molar-refractivity contribution >= 4 is 0 Å². The summed E-state index contributed by atoms with van der Waals surface area (Å²) in [4.78, 5) is 0. The van der Waals surface area contributed by atoms with E-state index < -0.39 is 0 Å². The molecule has 0 aromatic heterocycles. The maximum absolute atomic E-state index is 3.49. The lowest BCUT2D eigenvalue weighted by molar-refractivity contribution is 0.263. The van der Waals surface area contributed by atoms with Gasteiger partial charge in [0.1, 0.15) is 0 Å². The normalized spacial score (nSPS) is 17.8. The number of benzene rings is 1. The predicted molar refractivity (Wildman–Crippen MR) is 74.4 cm³/mol. The van der Waals surface area contributed by atoms with Crippen molar-refractivity contribution < 1.29 is 0 Å². The standard InChI is InChI=1S/C16H25N/c1-12-7-13(2)9-15(8-12)11-16(17-3)10-14-5-4-6-14/h7-9,14,16-17H,4-6,10-11H2,1-3H3. The van der Waals surface area contributed by atoms with Crippen LogP contribution < -0.4 is 5.32 Å². The van der Waals surface area contributed by atoms with E-state index >= 15 is 0 Å². The maximum atomic E-state index is 3.49. The van der Waals surface area contributed by atoms with E-state index in [0.717, 1.165) is 5.92 Å². The lowest BCUT2D eigenvalue weighted by Gasteiger charge is -2.29. The molecular formula is C16H25N. The van der Waals surface area contributed by atoms with Crippen LogP contribution in [0.15, 0.2) is 18.2 Å². The molecule has 0 bridgehead atoms. The van der Waals surface area contributed by atoms with Crippen molar-refractivity contribution in [1.29, 1.82) is 0 Å². The largest absolute Gasteiger partial charge is 0.317 e. The number of aryl methyl sites for hydroxylation is 2. The van der Waals surface area contributed by atoms with Crippen molar-refractivity contribution in [3.63, 3.8) is 0 Å². The number of hydrogen-bond donors (Lipinski definition) is 1. The molecule has 1 unspecified atom stereocenters. The second kappa shape index (κ2) is 5.68. The first kappa shape index (κ1) is 12.6. The van der Waals surface area contributed by atoms with Crippen molar-refractivity contribution in [2.24, 2.45) is 5.92 Å². The number of hydrogen-bond acceptors (Lipinski definition) is 1. The van der Waals surface area contributed by atoms with E-state index in [2.05, 4.69) is 44.4 Å². The van der Waals surface area contributed by atoms with Crippen molar-refractivity contribution in [1.82, 2.24) is 5.32 Å². The van der Waals surface area contributed by atoms with Crippen LogP contribution in [-0.4, -0.2) is 13.1 Å². The van der Waals surface area contributed by atoms with Crippen LogP contribution in [0.5, 0.6) is 0 Å². The average Bonchev–Trinajstić information content (AvgIpc) is 2.20. The Morgan fingerprint density at radius 2 is 1.82 bits per heavy atom. The Kier molecular flexibility index (Phi) is 4.22. The highest BCUT2D eigenvalue weighted by Gasteiger charge is 2.21. The van der Waals surface area contributed by atoms with Crippen LogP contribution in [0.2, 0.25) is 0 Å². The predicted octanol–water partition coefficient (Wildman–Crippen LogP) is 3.62. The first-order valence-corrected chi connectivity index (χ1v) is 6.92. The third-order valence-corrected chi connectivity index (χ3v) is 4.01. The molecule has 1 nitrogen and oxygen atoms in total. The van der Waals surface area contributed by atoms with Gasteiger partial charge < -0.3 is 5.32 Å². The zero-order valence-electron chi connectivity index (χ0n) is 11.4. The van der Waals surface area contributed by atoms with Crippen molar-refractivity contribution in [3.05, 3.63) is 34.9 Å². The second-order valence-corrected chi connectivity index (χ2v) is 5.72. The molecule has 1 aliphatic carbocycles. The van der Waals surface area contributed by atoms with Gasteiger partial charge in [0, 0.05) is 6.04 Å². The quantitative estimate of drug-likeness (QED) is 0.816. The Morgan fingerprint density at radius 1 is 1.18 bits per heavy atom. The summed E-state index contributed by atoms with van der Waals surface area (Å²) in [5, 5.41) is 3.49. The molecule has 1 aromatic rings. The topological polar surface area (TPSA) is 12.0 Å². The molecule has 1 heteroatoms. The smallest absolute Gasteiger partial charge is 0.0107 e. The van der Waals surface area contributed by atoms with Crippen LogP contribution in [0.1, 0.15) is 42.4 Å². The van der Waals surface area contributed by atoms with Crippen LogP contribution in [0.3, 0.4) is 0 Å². The number of likely N-dealkylation sites (N-methyl/N-ethyl adjacent to an activating group) is 1. The molecule has 1 aromatic carbocycles. The summed E-state index contributed by atoms with van der Waals surface area (Å²) < 4.78 is 0. The highest BCUT2D eigenvalue weighted by atomic mass is 14.9. The SMILES string of the molecule is CNC(Cc1cc(C)cc(C)c1)CC1CCC1. The van der Waals surface area contributed by atoms with Gasteiger partial charge in [0.2, 0.25) is 0 Å². The fraction of sp³-hybridized carbons (Fsp3) is 0.625. The van der Waals surface area contributed by atoms with Crippen molar-refractivity contribution in [3.8, 4) is 0 Å². The molecule has 0 amide bonds. The van der Waals surface area contributed by atoms with E-state index in [1.54, 1.807) is 0 Å². The van der Waals surface area contributed by atoms with Crippen LogP contribution in [0.25, 0.3) is 0 Å². The lowest BCUT2D eigenvalue weighted by atomic mass is 9.80. The second-order valence-electron chi connectivity index (χ2n) is 5.72. The third-order valence-electron chi connectivity index (χ3n) is 4.01. The molecule has 0 spiro atoms. The van der Waals surface area contributed by atoms with Gasteiger partial charge in [-0.25, -0.2) is 0 Å². The van der Waals surface area contributed by atoms with Gasteiger partial charge in [0.25, 0.3) is 0 Å². The monoisotopic (exact) mass is 231 g/mol. The van der Waals surface area contributed by atoms with Gasteiger partial charge in [0.15, 0.2) is 0 Å². The van der Waals surface area contributed by atoms with E-state index in [1.807, 2.05) is 0 Å². The van der Waals surface area contributed by atoms with E-state index in [-0.39, 0.29) is 0 Å². The first-order valence-electron chi connectivity index (χ1n) is 6.92. The zero-order valence-corrected chi connectivity index (χ0v) is 11.4. The first-order chi connectivity index (χ1) is 8.17. The van der Waals surface area contributed by atoms with Crippen LogP contribution in [0, 0.1) is 19.8 Å². The summed E-state index contributed by atoms with van der Waals surface area (Å²) in [6, 6.07) is 7.57. The molecule has 1 atom stereocenters. The molecule has 0 radical (unpaired) electrons. The van der Waals surface area contributed by atoms with Gasteiger partial charge in [-0.3, -0.25) is 0 Å². The summed E-state index contributed by atoms with van der Waals surface area (Å²) in [6.45, 7) is 4.38. The Bertz CT molecular complexity index is 346. The van der Waals surface area contributed by atoms with E-state index in [1.165, 1.54) is 48.8 Å². The minimum atomic E-state index is 0.654. The molecule has 1 aliphatic rings. The van der Waals surface area contributed by atoms with Gasteiger partial charge in [-0.05, 0) is 45.2 Å². The molecule has 0 heterocycles. The molecule has 94 valence electrons. The van der Waals surface area contributed by atoms with Crippen LogP contribution in [-0.2, 0) is 6.42 Å². The van der Waals surface area contributed by atoms with Crippen molar-refractivity contribution in [2.45, 2.75) is 52.0 Å². The molecule has 2 rings (SSSR count). The highest BCUT2D eigenvalue weighted by molar-refractivity contribution is 5.29. The van der Waals surface area contributed by atoms with Gasteiger partial charge in [-0.1, -0.05) is 48.6 Å². The van der Waals surface area contributed by atoms with Crippen LogP contribution in [0.4, 0.5) is 0 Å². The summed E-state index contributed by atoms with van der Waals surface area (Å²) in [5.41, 5.74) is 4.26. The summed E-state index contributed by atoms with van der Waals surface area (Å²) in [5.74, 6) is 0.985. The fourth-order valence-corrected chi connectivity index (χ4v) is 2.91. The van der Waals surface area contributed by atoms with E-state index in [9.17, 15) is 0 Å². The third kappa shape index (κ3) is 3.57. The Labute approximate surface area is 106 Å². The van der Waals surface area contributed by atoms with E-state index in [4.69, 9.17) is 0 Å². The minimum Gasteiger partial charge on any atom is -0.317 e. The number of rotatable bonds is 5. The highest BCUT2D eigenvalue weighted by Crippen LogP contribution is 2.31. The molecule has 0 saturated heterocycles. The fourth-order valence-electron chi connectivity index (χ4n) is 2.91. The summed E-state index contributed by atoms with van der Waals surface area (Å²) in [7, 11) is 2.10. The molecule has 1 fully saturated rings. The van der Waals surface area contributed by atoms with E-state index in [0.29, 0.717) is 6.04 Å². The maximum Gasteiger partial charge on any atom is 0.0107 e. The molecule has 1 N–H and O–H groups in total. The van der Waals surface area contributed by atoms with Gasteiger partial charge >= 0.3 is 0 Å². The molecule has 17 heavy (non-hydrogen) atoms. The summed E-state index contributed by atoms with van der Waals surface area (Å²) >= 11 is 0. The Hall–Kier alpha value is -0.820. The molecular weight excluding hydrogens is 206 g/mol. The van der Waals surface area contributed by atoms with Gasteiger partial charge in [0.05, 0.1) is 0 Å². The lowest BCUT2D eigenvalue weighted by Crippen LogP contribution is -2.32. The number of nitrogens with one attached hydrogen (secondary N) is 1. The Balaban J connectivity index is 1.96. The zero-order chi connectivity index (χ0) is 12.3. The minimum absolute atomic E-state index is 0.654. The Morgan fingerprint density at radius 3 is 2.29 bits per heavy atom. The average molecular weight is 231 g/mol. The molecule has 1 saturated carbocycles. The molecule has 0 aliphatic heterocycles.